The van der Waals surface area contributed by atoms with Gasteiger partial charge in [0, 0.05) is 18.2 Å². The number of aromatic nitrogens is 2. The Morgan fingerprint density at radius 2 is 2.35 bits per heavy atom. The van der Waals surface area contributed by atoms with Gasteiger partial charge in [-0.3, -0.25) is 9.59 Å². The molecule has 1 aromatic rings. The summed E-state index contributed by atoms with van der Waals surface area (Å²) in [5, 5.41) is 12.2. The third-order valence-electron chi connectivity index (χ3n) is 2.99. The highest BCUT2D eigenvalue weighted by Gasteiger charge is 2.23. The number of nitrogens with zero attached hydrogens (tertiary/aromatic N) is 1. The molecule has 0 saturated carbocycles. The molecule has 1 saturated heterocycles. The predicted molar refractivity (Wildman–Crippen MR) is 62.8 cm³/mol. The number of H-pyrrole nitrogens is 1. The van der Waals surface area contributed by atoms with Crippen LogP contribution in [0.3, 0.4) is 0 Å². The number of aromatic amines is 1. The Kier molecular flexibility index (Phi) is 3.53. The number of carbonyl (C=O) groups is 1. The fourth-order valence-corrected chi connectivity index (χ4v) is 1.95. The molecule has 1 aliphatic rings. The van der Waals surface area contributed by atoms with Crippen LogP contribution in [0.4, 0.5) is 0 Å². The lowest BCUT2D eigenvalue weighted by Gasteiger charge is -2.30. The van der Waals surface area contributed by atoms with Crippen LogP contribution in [0.15, 0.2) is 16.9 Å². The van der Waals surface area contributed by atoms with E-state index in [1.54, 1.807) is 0 Å². The molecule has 1 amide bonds. The fraction of sp³-hybridized carbons (Fsp3) is 0.545. The minimum Gasteiger partial charge on any atom is -0.346 e. The third-order valence-corrected chi connectivity index (χ3v) is 2.99. The van der Waals surface area contributed by atoms with Gasteiger partial charge in [-0.2, -0.15) is 5.10 Å². The summed E-state index contributed by atoms with van der Waals surface area (Å²) in [4.78, 5) is 22.7. The summed E-state index contributed by atoms with van der Waals surface area (Å²) in [5.41, 5.74) is -0.0726. The van der Waals surface area contributed by atoms with Crippen molar-refractivity contribution in [3.8, 4) is 0 Å². The van der Waals surface area contributed by atoms with Crippen molar-refractivity contribution in [1.82, 2.24) is 20.8 Å². The van der Waals surface area contributed by atoms with E-state index < -0.39 is 0 Å². The Labute approximate surface area is 98.8 Å². The summed E-state index contributed by atoms with van der Waals surface area (Å²) in [7, 11) is 0. The fourth-order valence-electron chi connectivity index (χ4n) is 1.95. The molecule has 17 heavy (non-hydrogen) atoms. The van der Waals surface area contributed by atoms with Crippen LogP contribution in [0.1, 0.15) is 30.3 Å². The van der Waals surface area contributed by atoms with Gasteiger partial charge in [-0.05, 0) is 32.4 Å². The highest BCUT2D eigenvalue weighted by atomic mass is 16.2. The molecular weight excluding hydrogens is 220 g/mol. The molecule has 2 heterocycles. The predicted octanol–water partition coefficient (Wildman–Crippen LogP) is -0.360. The van der Waals surface area contributed by atoms with Crippen LogP contribution in [0.25, 0.3) is 0 Å². The van der Waals surface area contributed by atoms with Crippen molar-refractivity contribution in [1.29, 1.82) is 0 Å². The van der Waals surface area contributed by atoms with E-state index in [4.69, 9.17) is 0 Å². The summed E-state index contributed by atoms with van der Waals surface area (Å²) in [6, 6.07) is 3.10. The number of piperidine rings is 1. The average Bonchev–Trinajstić information content (AvgIpc) is 2.33. The molecule has 0 aromatic carbocycles. The van der Waals surface area contributed by atoms with Gasteiger partial charge in [-0.25, -0.2) is 5.10 Å². The van der Waals surface area contributed by atoms with Crippen molar-refractivity contribution >= 4 is 5.91 Å². The molecule has 2 unspecified atom stereocenters. The van der Waals surface area contributed by atoms with Gasteiger partial charge in [-0.15, -0.1) is 0 Å². The molecule has 1 aromatic heterocycles. The van der Waals surface area contributed by atoms with Gasteiger partial charge in [0.05, 0.1) is 0 Å². The molecule has 2 atom stereocenters. The molecule has 0 aliphatic carbocycles. The second kappa shape index (κ2) is 5.09. The van der Waals surface area contributed by atoms with Crippen molar-refractivity contribution in [2.75, 3.05) is 6.54 Å². The van der Waals surface area contributed by atoms with E-state index in [9.17, 15) is 9.59 Å². The zero-order valence-electron chi connectivity index (χ0n) is 9.69. The van der Waals surface area contributed by atoms with Gasteiger partial charge < -0.3 is 10.6 Å². The van der Waals surface area contributed by atoms with Gasteiger partial charge in [0.2, 0.25) is 0 Å². The number of carbonyl (C=O) groups excluding carboxylic acids is 1. The van der Waals surface area contributed by atoms with Gasteiger partial charge >= 0.3 is 0 Å². The maximum absolute atomic E-state index is 11.8. The normalized spacial score (nSPS) is 24.3. The maximum Gasteiger partial charge on any atom is 0.271 e. The van der Waals surface area contributed by atoms with Crippen LogP contribution >= 0.6 is 0 Å². The van der Waals surface area contributed by atoms with E-state index in [0.29, 0.717) is 0 Å². The molecule has 6 nitrogen and oxygen atoms in total. The number of hydrogen-bond donors (Lipinski definition) is 3. The van der Waals surface area contributed by atoms with Crippen molar-refractivity contribution < 1.29 is 4.79 Å². The van der Waals surface area contributed by atoms with Crippen LogP contribution in [0.2, 0.25) is 0 Å². The number of nitrogens with one attached hydrogen (secondary N) is 3. The molecule has 3 N–H and O–H groups in total. The lowest BCUT2D eigenvalue weighted by atomic mass is 10.00. The third kappa shape index (κ3) is 2.91. The maximum atomic E-state index is 11.8. The summed E-state index contributed by atoms with van der Waals surface area (Å²) in [6.07, 6.45) is 2.01. The van der Waals surface area contributed by atoms with Crippen molar-refractivity contribution in [2.45, 2.75) is 31.8 Å². The highest BCUT2D eigenvalue weighted by Crippen LogP contribution is 2.08. The van der Waals surface area contributed by atoms with Crippen LogP contribution < -0.4 is 16.2 Å². The number of amides is 1. The lowest BCUT2D eigenvalue weighted by Crippen LogP contribution is -2.52. The van der Waals surface area contributed by atoms with E-state index in [1.807, 2.05) is 6.92 Å². The number of hydrogen-bond acceptors (Lipinski definition) is 4. The Balaban J connectivity index is 2.01. The average molecular weight is 236 g/mol. The van der Waals surface area contributed by atoms with Gasteiger partial charge in [-0.1, -0.05) is 0 Å². The summed E-state index contributed by atoms with van der Waals surface area (Å²) >= 11 is 0. The Morgan fingerprint density at radius 3 is 3.00 bits per heavy atom. The first kappa shape index (κ1) is 11.8. The van der Waals surface area contributed by atoms with Crippen LogP contribution in [0, 0.1) is 0 Å². The Bertz CT molecular complexity index is 437. The molecule has 1 aliphatic heterocycles. The van der Waals surface area contributed by atoms with Crippen molar-refractivity contribution in [2.24, 2.45) is 0 Å². The molecule has 92 valence electrons. The minimum atomic E-state index is -0.311. The summed E-state index contributed by atoms with van der Waals surface area (Å²) in [5.74, 6) is -0.248. The van der Waals surface area contributed by atoms with E-state index in [0.717, 1.165) is 19.4 Å². The first-order valence-electron chi connectivity index (χ1n) is 5.77. The zero-order valence-corrected chi connectivity index (χ0v) is 9.69. The largest absolute Gasteiger partial charge is 0.346 e. The zero-order chi connectivity index (χ0) is 12.3. The highest BCUT2D eigenvalue weighted by molar-refractivity contribution is 5.92. The van der Waals surface area contributed by atoms with Gasteiger partial charge in [0.1, 0.15) is 5.69 Å². The molecular formula is C11H16N4O2. The molecule has 0 spiro atoms. The van der Waals surface area contributed by atoms with Gasteiger partial charge in [0.15, 0.2) is 0 Å². The molecule has 1 fully saturated rings. The molecule has 2 rings (SSSR count). The quantitative estimate of drug-likeness (QED) is 0.654. The first-order valence-corrected chi connectivity index (χ1v) is 5.77. The van der Waals surface area contributed by atoms with E-state index in [2.05, 4.69) is 20.8 Å². The van der Waals surface area contributed by atoms with E-state index in [1.165, 1.54) is 12.1 Å². The van der Waals surface area contributed by atoms with Crippen LogP contribution in [-0.2, 0) is 0 Å². The standard InChI is InChI=1S/C11H16N4O2/c1-7-8(3-2-6-12-7)13-11(17)9-4-5-10(16)15-14-9/h4-5,7-8,12H,2-3,6H2,1H3,(H,13,17)(H,15,16). The Morgan fingerprint density at radius 1 is 1.53 bits per heavy atom. The molecule has 0 radical (unpaired) electrons. The van der Waals surface area contributed by atoms with Crippen LogP contribution in [0.5, 0.6) is 0 Å². The van der Waals surface area contributed by atoms with E-state index in [-0.39, 0.29) is 29.2 Å². The topological polar surface area (TPSA) is 86.9 Å². The SMILES string of the molecule is CC1NCCCC1NC(=O)c1ccc(=O)[nH]n1. The monoisotopic (exact) mass is 236 g/mol. The van der Waals surface area contributed by atoms with Crippen molar-refractivity contribution in [3.05, 3.63) is 28.2 Å². The number of rotatable bonds is 2. The lowest BCUT2D eigenvalue weighted by molar-refractivity contribution is 0.0913. The molecule has 0 bridgehead atoms. The smallest absolute Gasteiger partial charge is 0.271 e. The summed E-state index contributed by atoms with van der Waals surface area (Å²) < 4.78 is 0. The second-order valence-electron chi connectivity index (χ2n) is 4.27. The van der Waals surface area contributed by atoms with Crippen molar-refractivity contribution in [3.63, 3.8) is 0 Å². The first-order chi connectivity index (χ1) is 8.16. The minimum absolute atomic E-state index is 0.116. The van der Waals surface area contributed by atoms with Gasteiger partial charge in [0.25, 0.3) is 11.5 Å². The summed E-state index contributed by atoms with van der Waals surface area (Å²) in [6.45, 7) is 3.04. The second-order valence-corrected chi connectivity index (χ2v) is 4.27. The molecule has 6 heteroatoms. The van der Waals surface area contributed by atoms with E-state index >= 15 is 0 Å². The Hall–Kier alpha value is -1.69. The van der Waals surface area contributed by atoms with Crippen LogP contribution in [-0.4, -0.2) is 34.7 Å².